The van der Waals surface area contributed by atoms with Gasteiger partial charge in [-0.2, -0.15) is 0 Å². The van der Waals surface area contributed by atoms with Crippen molar-refractivity contribution in [3.8, 4) is 28.9 Å². The van der Waals surface area contributed by atoms with Crippen LogP contribution in [0.2, 0.25) is 0 Å². The number of methoxy groups -OCH3 is 2. The zero-order valence-corrected chi connectivity index (χ0v) is 17.1. The lowest BCUT2D eigenvalue weighted by atomic mass is 10.1. The molecular weight excluding hydrogens is 396 g/mol. The van der Waals surface area contributed by atoms with Crippen molar-refractivity contribution in [3.63, 3.8) is 0 Å². The summed E-state index contributed by atoms with van der Waals surface area (Å²) in [7, 11) is 3.13. The van der Waals surface area contributed by atoms with E-state index in [0.29, 0.717) is 39.8 Å². The quantitative estimate of drug-likeness (QED) is 0.322. The minimum Gasteiger partial charge on any atom is -0.493 e. The van der Waals surface area contributed by atoms with E-state index in [4.69, 9.17) is 18.9 Å². The molecule has 1 aromatic heterocycles. The molecule has 0 bridgehead atoms. The zero-order valence-electron chi connectivity index (χ0n) is 17.1. The summed E-state index contributed by atoms with van der Waals surface area (Å²) in [6.45, 7) is 0. The number of carbonyl (C=O) groups is 1. The van der Waals surface area contributed by atoms with E-state index in [-0.39, 0.29) is 12.4 Å². The Hall–Kier alpha value is -4.13. The summed E-state index contributed by atoms with van der Waals surface area (Å²) in [5, 5.41) is 0.690. The third-order valence-electron chi connectivity index (χ3n) is 4.57. The summed E-state index contributed by atoms with van der Waals surface area (Å²) in [4.78, 5) is 20.6. The molecule has 0 saturated heterocycles. The molecule has 0 unspecified atom stereocenters. The Balaban J connectivity index is 1.49. The third-order valence-corrected chi connectivity index (χ3v) is 4.57. The second-order valence-corrected chi connectivity index (χ2v) is 6.61. The number of aromatic nitrogens is 2. The molecule has 0 N–H and O–H groups in total. The largest absolute Gasteiger partial charge is 0.493 e. The van der Waals surface area contributed by atoms with Gasteiger partial charge in [0, 0.05) is 6.07 Å². The van der Waals surface area contributed by atoms with Crippen LogP contribution in [0, 0.1) is 0 Å². The van der Waals surface area contributed by atoms with Crippen LogP contribution in [0.4, 0.5) is 0 Å². The van der Waals surface area contributed by atoms with E-state index in [0.717, 1.165) is 5.56 Å². The summed E-state index contributed by atoms with van der Waals surface area (Å²) >= 11 is 0. The van der Waals surface area contributed by atoms with Crippen molar-refractivity contribution >= 4 is 16.9 Å². The van der Waals surface area contributed by atoms with Gasteiger partial charge in [0.1, 0.15) is 17.8 Å². The van der Waals surface area contributed by atoms with E-state index in [1.807, 2.05) is 30.3 Å². The van der Waals surface area contributed by atoms with Gasteiger partial charge in [-0.3, -0.25) is 4.79 Å². The van der Waals surface area contributed by atoms with E-state index in [2.05, 4.69) is 9.97 Å². The van der Waals surface area contributed by atoms with E-state index in [1.165, 1.54) is 6.33 Å². The Morgan fingerprint density at radius 3 is 2.26 bits per heavy atom. The Kier molecular flexibility index (Phi) is 5.93. The summed E-state index contributed by atoms with van der Waals surface area (Å²) in [5.74, 6) is 2.29. The fourth-order valence-electron chi connectivity index (χ4n) is 3.05. The maximum Gasteiger partial charge on any atom is 0.315 e. The summed E-state index contributed by atoms with van der Waals surface area (Å²) < 4.78 is 22.0. The SMILES string of the molecule is COc1cc2ncnc(Oc3ccc(CC(=O)Oc4ccccc4)cc3)c2cc1OC. The molecule has 0 aliphatic carbocycles. The van der Waals surface area contributed by atoms with Crippen LogP contribution in [0.5, 0.6) is 28.9 Å². The van der Waals surface area contributed by atoms with E-state index in [1.54, 1.807) is 50.6 Å². The lowest BCUT2D eigenvalue weighted by molar-refractivity contribution is -0.133. The molecule has 0 amide bonds. The molecule has 0 radical (unpaired) electrons. The number of ether oxygens (including phenoxy) is 4. The molecule has 4 aromatic rings. The standard InChI is InChI=1S/C24H20N2O5/c1-28-21-13-19-20(14-22(21)29-2)25-15-26-24(19)31-18-10-8-16(9-11-18)12-23(27)30-17-6-4-3-5-7-17/h3-11,13-15H,12H2,1-2H3. The number of rotatable bonds is 7. The number of esters is 1. The van der Waals surface area contributed by atoms with Crippen molar-refractivity contribution in [1.29, 1.82) is 0 Å². The molecule has 4 rings (SSSR count). The minimum atomic E-state index is -0.331. The third kappa shape index (κ3) is 4.72. The molecule has 3 aromatic carbocycles. The Bertz CT molecular complexity index is 1190. The van der Waals surface area contributed by atoms with Crippen LogP contribution in [-0.2, 0) is 11.2 Å². The summed E-state index contributed by atoms with van der Waals surface area (Å²) in [6.07, 6.45) is 1.58. The Morgan fingerprint density at radius 2 is 1.55 bits per heavy atom. The monoisotopic (exact) mass is 416 g/mol. The second-order valence-electron chi connectivity index (χ2n) is 6.61. The second kappa shape index (κ2) is 9.13. The lowest BCUT2D eigenvalue weighted by Crippen LogP contribution is -2.11. The predicted molar refractivity (Wildman–Crippen MR) is 115 cm³/mol. The van der Waals surface area contributed by atoms with Gasteiger partial charge in [-0.1, -0.05) is 30.3 Å². The fraction of sp³-hybridized carbons (Fsp3) is 0.125. The van der Waals surface area contributed by atoms with Gasteiger partial charge < -0.3 is 18.9 Å². The number of hydrogen-bond acceptors (Lipinski definition) is 7. The average molecular weight is 416 g/mol. The maximum atomic E-state index is 12.1. The van der Waals surface area contributed by atoms with Crippen molar-refractivity contribution in [2.24, 2.45) is 0 Å². The molecule has 0 saturated carbocycles. The zero-order chi connectivity index (χ0) is 21.6. The van der Waals surface area contributed by atoms with Gasteiger partial charge in [0.25, 0.3) is 0 Å². The molecule has 7 nitrogen and oxygen atoms in total. The first-order chi connectivity index (χ1) is 15.2. The number of nitrogens with zero attached hydrogens (tertiary/aromatic N) is 2. The van der Waals surface area contributed by atoms with Crippen LogP contribution in [0.3, 0.4) is 0 Å². The highest BCUT2D eigenvalue weighted by Gasteiger charge is 2.13. The molecule has 7 heteroatoms. The van der Waals surface area contributed by atoms with Gasteiger partial charge in [0.05, 0.1) is 31.5 Å². The molecule has 0 spiro atoms. The molecule has 0 aliphatic heterocycles. The first kappa shape index (κ1) is 20.2. The van der Waals surface area contributed by atoms with Crippen LogP contribution in [0.25, 0.3) is 10.9 Å². The maximum absolute atomic E-state index is 12.1. The van der Waals surface area contributed by atoms with Gasteiger partial charge in [-0.25, -0.2) is 9.97 Å². The lowest BCUT2D eigenvalue weighted by Gasteiger charge is -2.11. The molecule has 1 heterocycles. The normalized spacial score (nSPS) is 10.5. The van der Waals surface area contributed by atoms with Gasteiger partial charge in [0.2, 0.25) is 5.88 Å². The molecule has 0 atom stereocenters. The van der Waals surface area contributed by atoms with Crippen molar-refractivity contribution in [1.82, 2.24) is 9.97 Å². The minimum absolute atomic E-state index is 0.155. The number of fused-ring (bicyclic) bond motifs is 1. The van der Waals surface area contributed by atoms with Crippen molar-refractivity contribution in [2.75, 3.05) is 14.2 Å². The van der Waals surface area contributed by atoms with Crippen LogP contribution in [0.15, 0.2) is 73.1 Å². The summed E-state index contributed by atoms with van der Waals surface area (Å²) in [6, 6.07) is 19.7. The van der Waals surface area contributed by atoms with Crippen LogP contribution < -0.4 is 18.9 Å². The Labute approximate surface area is 179 Å². The average Bonchev–Trinajstić information content (AvgIpc) is 2.80. The van der Waals surface area contributed by atoms with E-state index >= 15 is 0 Å². The number of hydrogen-bond donors (Lipinski definition) is 0. The first-order valence-corrected chi connectivity index (χ1v) is 9.55. The highest BCUT2D eigenvalue weighted by atomic mass is 16.5. The van der Waals surface area contributed by atoms with Crippen molar-refractivity contribution in [2.45, 2.75) is 6.42 Å². The summed E-state index contributed by atoms with van der Waals surface area (Å²) in [5.41, 5.74) is 1.48. The van der Waals surface area contributed by atoms with Gasteiger partial charge >= 0.3 is 5.97 Å². The molecule has 31 heavy (non-hydrogen) atoms. The fourth-order valence-corrected chi connectivity index (χ4v) is 3.05. The number of benzene rings is 3. The van der Waals surface area contributed by atoms with Crippen molar-refractivity contribution in [3.05, 3.63) is 78.6 Å². The topological polar surface area (TPSA) is 79.8 Å². The van der Waals surface area contributed by atoms with E-state index in [9.17, 15) is 4.79 Å². The van der Waals surface area contributed by atoms with Gasteiger partial charge in [0.15, 0.2) is 11.5 Å². The van der Waals surface area contributed by atoms with Crippen molar-refractivity contribution < 1.29 is 23.7 Å². The molecular formula is C24H20N2O5. The van der Waals surface area contributed by atoms with E-state index < -0.39 is 0 Å². The smallest absolute Gasteiger partial charge is 0.315 e. The van der Waals surface area contributed by atoms with Gasteiger partial charge in [-0.15, -0.1) is 0 Å². The van der Waals surface area contributed by atoms with Crippen LogP contribution in [0.1, 0.15) is 5.56 Å². The number of para-hydroxylation sites is 1. The van der Waals surface area contributed by atoms with Gasteiger partial charge in [-0.05, 0) is 35.9 Å². The molecule has 156 valence electrons. The first-order valence-electron chi connectivity index (χ1n) is 9.55. The molecule has 0 fully saturated rings. The Morgan fingerprint density at radius 1 is 0.839 bits per heavy atom. The molecule has 0 aliphatic rings. The highest BCUT2D eigenvalue weighted by Crippen LogP contribution is 2.35. The van der Waals surface area contributed by atoms with Crippen LogP contribution >= 0.6 is 0 Å². The number of carbonyl (C=O) groups excluding carboxylic acids is 1. The highest BCUT2D eigenvalue weighted by molar-refractivity contribution is 5.87. The van der Waals surface area contributed by atoms with Crippen LogP contribution in [-0.4, -0.2) is 30.2 Å². The predicted octanol–water partition coefficient (Wildman–Crippen LogP) is 4.59.